The van der Waals surface area contributed by atoms with Crippen LogP contribution in [0.25, 0.3) is 10.2 Å². The number of benzene rings is 1. The van der Waals surface area contributed by atoms with Crippen LogP contribution in [0.15, 0.2) is 30.3 Å². The van der Waals surface area contributed by atoms with Crippen molar-refractivity contribution >= 4 is 33.1 Å². The summed E-state index contributed by atoms with van der Waals surface area (Å²) in [6.45, 7) is 4.01. The Labute approximate surface area is 189 Å². The van der Waals surface area contributed by atoms with Gasteiger partial charge in [0, 0.05) is 24.1 Å². The lowest BCUT2D eigenvalue weighted by Gasteiger charge is -2.22. The fourth-order valence-electron chi connectivity index (χ4n) is 4.12. The van der Waals surface area contributed by atoms with Crippen molar-refractivity contribution in [2.45, 2.75) is 70.3 Å². The van der Waals surface area contributed by atoms with Gasteiger partial charge in [-0.25, -0.2) is 9.97 Å². The number of amides is 1. The number of carbonyl (C=O) groups is 1. The van der Waals surface area contributed by atoms with Gasteiger partial charge >= 0.3 is 0 Å². The van der Waals surface area contributed by atoms with Crippen LogP contribution in [0.3, 0.4) is 0 Å². The Kier molecular flexibility index (Phi) is 6.02. The molecule has 0 atom stereocenters. The molecular formula is C24H27F2N3O2S. The van der Waals surface area contributed by atoms with Gasteiger partial charge in [-0.2, -0.15) is 8.78 Å². The first-order valence-electron chi connectivity index (χ1n) is 10.9. The molecule has 5 nitrogen and oxygen atoms in total. The molecule has 0 spiro atoms. The van der Waals surface area contributed by atoms with Gasteiger partial charge in [0.15, 0.2) is 0 Å². The number of hydrogen-bond donors (Lipinski definition) is 2. The average Bonchev–Trinajstić information content (AvgIpc) is 3.16. The van der Waals surface area contributed by atoms with Crippen molar-refractivity contribution in [1.82, 2.24) is 9.97 Å². The van der Waals surface area contributed by atoms with Crippen molar-refractivity contribution in [2.24, 2.45) is 0 Å². The number of fused-ring (bicyclic) bond motifs is 1. The van der Waals surface area contributed by atoms with Gasteiger partial charge in [0.1, 0.15) is 11.4 Å². The molecule has 1 aliphatic carbocycles. The fraction of sp³-hybridized carbons (Fsp3) is 0.458. The zero-order chi connectivity index (χ0) is 23.1. The van der Waals surface area contributed by atoms with Crippen LogP contribution in [0.2, 0.25) is 0 Å². The highest BCUT2D eigenvalue weighted by Gasteiger charge is 2.28. The van der Waals surface area contributed by atoms with E-state index in [1.165, 1.54) is 37.5 Å². The molecule has 0 aliphatic heterocycles. The van der Waals surface area contributed by atoms with E-state index in [9.17, 15) is 18.7 Å². The molecule has 2 aromatic heterocycles. The predicted molar refractivity (Wildman–Crippen MR) is 122 cm³/mol. The Balaban J connectivity index is 1.69. The van der Waals surface area contributed by atoms with Crippen LogP contribution in [0.1, 0.15) is 85.5 Å². The number of aromatic nitrogens is 2. The van der Waals surface area contributed by atoms with E-state index in [-0.39, 0.29) is 5.69 Å². The van der Waals surface area contributed by atoms with E-state index in [1.807, 2.05) is 6.07 Å². The summed E-state index contributed by atoms with van der Waals surface area (Å²) >= 11 is 1.61. The summed E-state index contributed by atoms with van der Waals surface area (Å²) < 4.78 is 28.2. The molecule has 1 amide bonds. The topological polar surface area (TPSA) is 75.1 Å². The van der Waals surface area contributed by atoms with Crippen LogP contribution in [0.5, 0.6) is 0 Å². The third-order valence-electron chi connectivity index (χ3n) is 5.84. The van der Waals surface area contributed by atoms with Gasteiger partial charge in [0.2, 0.25) is 0 Å². The minimum Gasteiger partial charge on any atom is -0.386 e. The van der Waals surface area contributed by atoms with Crippen molar-refractivity contribution in [2.75, 3.05) is 5.32 Å². The summed E-state index contributed by atoms with van der Waals surface area (Å²) in [5.74, 6) is -3.31. The number of alkyl halides is 2. The summed E-state index contributed by atoms with van der Waals surface area (Å²) in [6, 6.07) is 7.57. The molecule has 0 radical (unpaired) electrons. The Morgan fingerprint density at radius 3 is 2.50 bits per heavy atom. The lowest BCUT2D eigenvalue weighted by atomic mass is 9.90. The maximum atomic E-state index is 13.6. The smallest absolute Gasteiger partial charge is 0.287 e. The largest absolute Gasteiger partial charge is 0.386 e. The van der Waals surface area contributed by atoms with E-state index < -0.39 is 23.1 Å². The molecule has 2 heterocycles. The van der Waals surface area contributed by atoms with Crippen LogP contribution in [-0.2, 0) is 11.5 Å². The first-order valence-corrected chi connectivity index (χ1v) is 11.7. The normalized spacial score (nSPS) is 15.8. The first kappa shape index (κ1) is 22.7. The molecule has 0 saturated heterocycles. The Morgan fingerprint density at radius 2 is 1.84 bits per heavy atom. The summed E-state index contributed by atoms with van der Waals surface area (Å²) in [7, 11) is 0. The Morgan fingerprint density at radius 1 is 1.12 bits per heavy atom. The summed E-state index contributed by atoms with van der Waals surface area (Å²) in [4.78, 5) is 21.5. The van der Waals surface area contributed by atoms with E-state index in [0.29, 0.717) is 17.2 Å². The first-order chi connectivity index (χ1) is 15.0. The molecule has 8 heteroatoms. The van der Waals surface area contributed by atoms with Gasteiger partial charge in [0.25, 0.3) is 11.8 Å². The number of hydrogen-bond acceptors (Lipinski definition) is 5. The summed E-state index contributed by atoms with van der Waals surface area (Å²) in [5, 5.41) is 14.6. The second-order valence-corrected chi connectivity index (χ2v) is 10.1. The molecule has 170 valence electrons. The highest BCUT2D eigenvalue weighted by atomic mass is 32.1. The van der Waals surface area contributed by atoms with Crippen LogP contribution in [0.4, 0.5) is 14.5 Å². The van der Waals surface area contributed by atoms with Gasteiger partial charge in [-0.3, -0.25) is 4.79 Å². The predicted octanol–water partition coefficient (Wildman–Crippen LogP) is 6.33. The van der Waals surface area contributed by atoms with Crippen molar-refractivity contribution in [1.29, 1.82) is 0 Å². The second-order valence-electron chi connectivity index (χ2n) is 9.06. The van der Waals surface area contributed by atoms with E-state index in [2.05, 4.69) is 10.3 Å². The van der Waals surface area contributed by atoms with Gasteiger partial charge in [-0.1, -0.05) is 25.3 Å². The minimum atomic E-state index is -3.15. The Hall–Kier alpha value is -2.45. The number of nitrogens with zero attached hydrogens (tertiary/aromatic N) is 2. The lowest BCUT2D eigenvalue weighted by Crippen LogP contribution is -2.22. The molecule has 1 saturated carbocycles. The second kappa shape index (κ2) is 8.48. The summed E-state index contributed by atoms with van der Waals surface area (Å²) in [6.07, 6.45) is 5.94. The van der Waals surface area contributed by atoms with E-state index in [1.54, 1.807) is 31.3 Å². The van der Waals surface area contributed by atoms with Crippen molar-refractivity contribution in [3.05, 3.63) is 52.3 Å². The lowest BCUT2D eigenvalue weighted by molar-refractivity contribution is 0.0126. The number of carbonyl (C=O) groups excluding carboxylic acids is 1. The third-order valence-corrected chi connectivity index (χ3v) is 7.02. The van der Waals surface area contributed by atoms with E-state index >= 15 is 0 Å². The molecule has 1 fully saturated rings. The minimum absolute atomic E-state index is 0.113. The molecule has 0 unspecified atom stereocenters. The number of nitrogens with one attached hydrogen (secondary N) is 1. The van der Waals surface area contributed by atoms with Gasteiger partial charge < -0.3 is 10.4 Å². The zero-order valence-electron chi connectivity index (χ0n) is 18.4. The molecular weight excluding hydrogens is 432 g/mol. The number of thiazole rings is 1. The molecule has 3 aromatic rings. The number of rotatable bonds is 5. The molecule has 1 aliphatic rings. The van der Waals surface area contributed by atoms with Crippen LogP contribution >= 0.6 is 11.3 Å². The Bertz CT molecular complexity index is 1140. The highest BCUT2D eigenvalue weighted by molar-refractivity contribution is 7.18. The van der Waals surface area contributed by atoms with E-state index in [0.717, 1.165) is 35.0 Å². The number of aliphatic hydroxyl groups is 1. The fourth-order valence-corrected chi connectivity index (χ4v) is 5.28. The van der Waals surface area contributed by atoms with Crippen molar-refractivity contribution in [3.63, 3.8) is 0 Å². The SMILES string of the molecule is CC(C)(O)c1cc2nc(C3CCCCC3)sc2cc1NC(=O)c1cccc(C(C)(F)F)n1. The number of pyridine rings is 1. The maximum absolute atomic E-state index is 13.6. The molecule has 4 rings (SSSR count). The van der Waals surface area contributed by atoms with E-state index in [4.69, 9.17) is 4.98 Å². The number of halogens is 2. The molecule has 32 heavy (non-hydrogen) atoms. The van der Waals surface area contributed by atoms with Crippen LogP contribution < -0.4 is 5.32 Å². The quantitative estimate of drug-likeness (QED) is 0.467. The standard InChI is InChI=1S/C24H27F2N3O2S/c1-23(2,31)15-12-18-19(32-22(29-18)14-8-5-4-6-9-14)13-17(15)28-21(30)16-10-7-11-20(27-16)24(3,25)26/h7,10-14,31H,4-6,8-9H2,1-3H3,(H,28,30). The third kappa shape index (κ3) is 4.81. The van der Waals surface area contributed by atoms with Crippen molar-refractivity contribution in [3.8, 4) is 0 Å². The van der Waals surface area contributed by atoms with Crippen molar-refractivity contribution < 1.29 is 18.7 Å². The molecule has 2 N–H and O–H groups in total. The zero-order valence-corrected chi connectivity index (χ0v) is 19.2. The number of anilines is 1. The maximum Gasteiger partial charge on any atom is 0.287 e. The van der Waals surface area contributed by atoms with Gasteiger partial charge in [-0.05, 0) is 51.0 Å². The van der Waals surface area contributed by atoms with Gasteiger partial charge in [0.05, 0.1) is 20.8 Å². The molecule has 1 aromatic carbocycles. The average molecular weight is 460 g/mol. The van der Waals surface area contributed by atoms with Gasteiger partial charge in [-0.15, -0.1) is 11.3 Å². The highest BCUT2D eigenvalue weighted by Crippen LogP contribution is 2.40. The van der Waals surface area contributed by atoms with Crippen LogP contribution in [0, 0.1) is 0 Å². The monoisotopic (exact) mass is 459 g/mol. The van der Waals surface area contributed by atoms with Crippen LogP contribution in [-0.4, -0.2) is 21.0 Å². The summed E-state index contributed by atoms with van der Waals surface area (Å²) in [5.41, 5.74) is -0.102. The molecule has 0 bridgehead atoms.